The lowest BCUT2D eigenvalue weighted by atomic mass is 10.1. The number of aliphatic hydroxyl groups excluding tert-OH is 4. The summed E-state index contributed by atoms with van der Waals surface area (Å²) in [7, 11) is 0. The van der Waals surface area contributed by atoms with Gasteiger partial charge < -0.3 is 30.3 Å². The first-order valence-corrected chi connectivity index (χ1v) is 8.33. The smallest absolute Gasteiger partial charge is 0.321 e. The molecule has 0 aromatic carbocycles. The topological polar surface area (TPSA) is 139 Å². The Morgan fingerprint density at radius 3 is 2.59 bits per heavy atom. The van der Waals surface area contributed by atoms with Gasteiger partial charge in [0.05, 0.1) is 18.6 Å². The van der Waals surface area contributed by atoms with Crippen LogP contribution < -0.4 is 5.32 Å². The summed E-state index contributed by atoms with van der Waals surface area (Å²) < 4.78 is 5.21. The Morgan fingerprint density at radius 2 is 2.00 bits per heavy atom. The second-order valence-corrected chi connectivity index (χ2v) is 6.49. The number of aliphatic hydroxyl groups is 4. The number of carboxylic acid groups (broad SMARTS) is 1. The van der Waals surface area contributed by atoms with Crippen molar-refractivity contribution in [1.82, 2.24) is 5.32 Å². The van der Waals surface area contributed by atoms with Gasteiger partial charge in [-0.05, 0) is 19.3 Å². The number of hydrogen-bond donors (Lipinski definition) is 6. The summed E-state index contributed by atoms with van der Waals surface area (Å²) in [4.78, 5) is 10.8. The number of unbranched alkanes of at least 4 members (excludes halogenated alkanes) is 1. The third-order valence-corrected chi connectivity index (χ3v) is 4.72. The fourth-order valence-corrected chi connectivity index (χ4v) is 3.30. The van der Waals surface area contributed by atoms with Crippen molar-refractivity contribution in [2.45, 2.75) is 49.0 Å². The zero-order valence-corrected chi connectivity index (χ0v) is 13.1. The summed E-state index contributed by atoms with van der Waals surface area (Å²) in [5, 5.41) is 48.7. The van der Waals surface area contributed by atoms with Crippen molar-refractivity contribution in [3.63, 3.8) is 0 Å². The molecule has 9 heteroatoms. The van der Waals surface area contributed by atoms with Gasteiger partial charge in [0, 0.05) is 12.4 Å². The van der Waals surface area contributed by atoms with Crippen LogP contribution in [0, 0.1) is 0 Å². The number of hydrogen-bond acceptors (Lipinski definition) is 8. The number of aliphatic carboxylic acids is 1. The van der Waals surface area contributed by atoms with E-state index in [4.69, 9.17) is 20.1 Å². The van der Waals surface area contributed by atoms with E-state index in [1.54, 1.807) is 11.8 Å². The molecule has 0 bridgehead atoms. The summed E-state index contributed by atoms with van der Waals surface area (Å²) in [6.07, 6.45) is -1.61. The Balaban J connectivity index is 2.01. The molecule has 0 aromatic heterocycles. The van der Waals surface area contributed by atoms with Crippen LogP contribution in [0.5, 0.6) is 0 Å². The molecule has 0 amide bonds. The van der Waals surface area contributed by atoms with E-state index in [-0.39, 0.29) is 12.0 Å². The molecule has 1 heterocycles. The first-order valence-electron chi connectivity index (χ1n) is 7.29. The van der Waals surface area contributed by atoms with Gasteiger partial charge in [-0.15, -0.1) is 11.8 Å². The molecule has 0 spiro atoms. The average Bonchev–Trinajstić information content (AvgIpc) is 2.98. The second kappa shape index (κ2) is 10.4. The highest BCUT2D eigenvalue weighted by atomic mass is 32.2. The molecule has 5 atom stereocenters. The van der Waals surface area contributed by atoms with E-state index >= 15 is 0 Å². The zero-order valence-electron chi connectivity index (χ0n) is 12.3. The van der Waals surface area contributed by atoms with Gasteiger partial charge in [-0.3, -0.25) is 10.1 Å². The molecular formula is C13H25NO7S. The molecule has 0 aromatic rings. The van der Waals surface area contributed by atoms with Crippen molar-refractivity contribution < 1.29 is 35.1 Å². The third-order valence-electron chi connectivity index (χ3n) is 3.42. The lowest BCUT2D eigenvalue weighted by Crippen LogP contribution is -2.41. The van der Waals surface area contributed by atoms with E-state index in [9.17, 15) is 15.0 Å². The quantitative estimate of drug-likeness (QED) is 0.245. The summed E-state index contributed by atoms with van der Waals surface area (Å²) >= 11 is 1.60. The van der Waals surface area contributed by atoms with Crippen LogP contribution in [0.25, 0.3) is 0 Å². The lowest BCUT2D eigenvalue weighted by molar-refractivity contribution is -0.138. The molecule has 1 rings (SSSR count). The van der Waals surface area contributed by atoms with Gasteiger partial charge in [-0.1, -0.05) is 0 Å². The number of carboxylic acids is 1. The van der Waals surface area contributed by atoms with Gasteiger partial charge in [-0.25, -0.2) is 0 Å². The van der Waals surface area contributed by atoms with Crippen molar-refractivity contribution in [2.24, 2.45) is 0 Å². The lowest BCUT2D eigenvalue weighted by Gasteiger charge is -2.21. The van der Waals surface area contributed by atoms with E-state index in [1.165, 1.54) is 0 Å². The average molecular weight is 339 g/mol. The Bertz CT molecular complexity index is 334. The Morgan fingerprint density at radius 1 is 1.27 bits per heavy atom. The molecule has 0 saturated carbocycles. The zero-order chi connectivity index (χ0) is 16.5. The molecule has 0 aliphatic carbocycles. The minimum Gasteiger partial charge on any atom is -0.480 e. The van der Waals surface area contributed by atoms with Crippen LogP contribution in [0.2, 0.25) is 0 Å². The fourth-order valence-electron chi connectivity index (χ4n) is 2.04. The van der Waals surface area contributed by atoms with E-state index in [1.807, 2.05) is 0 Å². The molecule has 1 aliphatic rings. The minimum atomic E-state index is -1.43. The molecule has 130 valence electrons. The monoisotopic (exact) mass is 339 g/mol. The molecule has 0 radical (unpaired) electrons. The number of nitrogens with one attached hydrogen (secondary N) is 1. The van der Waals surface area contributed by atoms with Crippen molar-refractivity contribution in [3.05, 3.63) is 0 Å². The molecule has 1 aliphatic heterocycles. The largest absolute Gasteiger partial charge is 0.480 e. The number of rotatable bonds is 11. The maximum Gasteiger partial charge on any atom is 0.321 e. The highest BCUT2D eigenvalue weighted by Crippen LogP contribution is 2.23. The van der Waals surface area contributed by atoms with Gasteiger partial charge >= 0.3 is 5.97 Å². The van der Waals surface area contributed by atoms with Gasteiger partial charge in [0.15, 0.2) is 0 Å². The van der Waals surface area contributed by atoms with Crippen LogP contribution in [0.1, 0.15) is 19.3 Å². The first kappa shape index (κ1) is 19.6. The van der Waals surface area contributed by atoms with Gasteiger partial charge in [-0.2, -0.15) is 0 Å². The normalized spacial score (nSPS) is 25.8. The second-order valence-electron chi connectivity index (χ2n) is 5.26. The Labute approximate surface area is 133 Å². The van der Waals surface area contributed by atoms with E-state index in [2.05, 4.69) is 5.32 Å². The predicted molar refractivity (Wildman–Crippen MR) is 80.6 cm³/mol. The van der Waals surface area contributed by atoms with Gasteiger partial charge in [0.2, 0.25) is 0 Å². The molecular weight excluding hydrogens is 314 g/mol. The minimum absolute atomic E-state index is 0.115. The number of ether oxygens (including phenoxy) is 1. The fraction of sp³-hybridized carbons (Fsp3) is 0.923. The summed E-state index contributed by atoms with van der Waals surface area (Å²) in [5.41, 5.74) is 0. The van der Waals surface area contributed by atoms with E-state index in [0.717, 1.165) is 19.3 Å². The van der Waals surface area contributed by atoms with E-state index < -0.39 is 36.9 Å². The van der Waals surface area contributed by atoms with Crippen LogP contribution >= 0.6 is 11.8 Å². The van der Waals surface area contributed by atoms with Crippen molar-refractivity contribution in [2.75, 3.05) is 25.6 Å². The molecule has 8 nitrogen and oxygen atoms in total. The standard InChI is InChI=1S/C13H25NO7S/c15-5-9(16)12(18)10(17)6-21-4-2-1-3-11-14-8(7-22-11)13(19)20/h8-12,14-18H,1-7H2,(H,19,20)/t8?,9-,10+,11?,12+/m0/s1. The number of thioether (sulfide) groups is 1. The van der Waals surface area contributed by atoms with Gasteiger partial charge in [0.1, 0.15) is 24.4 Å². The van der Waals surface area contributed by atoms with Crippen molar-refractivity contribution >= 4 is 17.7 Å². The van der Waals surface area contributed by atoms with Crippen molar-refractivity contribution in [1.29, 1.82) is 0 Å². The molecule has 1 fully saturated rings. The van der Waals surface area contributed by atoms with Crippen LogP contribution in [-0.2, 0) is 9.53 Å². The SMILES string of the molecule is O=C(O)C1CSC(CCCCOC[C@@H](O)[C@H](O)[C@@H](O)CO)N1. The van der Waals surface area contributed by atoms with Gasteiger partial charge in [0.25, 0.3) is 0 Å². The predicted octanol–water partition coefficient (Wildman–Crippen LogP) is -1.64. The highest BCUT2D eigenvalue weighted by Gasteiger charge is 2.28. The molecule has 22 heavy (non-hydrogen) atoms. The van der Waals surface area contributed by atoms with Crippen LogP contribution in [0.3, 0.4) is 0 Å². The molecule has 1 saturated heterocycles. The Kier molecular flexibility index (Phi) is 9.25. The van der Waals surface area contributed by atoms with Crippen LogP contribution in [0.4, 0.5) is 0 Å². The van der Waals surface area contributed by atoms with Crippen molar-refractivity contribution in [3.8, 4) is 0 Å². The van der Waals surface area contributed by atoms with Crippen LogP contribution in [0.15, 0.2) is 0 Å². The molecule has 2 unspecified atom stereocenters. The maximum absolute atomic E-state index is 10.8. The first-order chi connectivity index (χ1) is 10.5. The molecule has 6 N–H and O–H groups in total. The summed E-state index contributed by atoms with van der Waals surface area (Å²) in [6, 6.07) is -0.471. The number of carbonyl (C=O) groups is 1. The Hall–Kier alpha value is -0.420. The van der Waals surface area contributed by atoms with Crippen LogP contribution in [-0.4, -0.2) is 86.8 Å². The van der Waals surface area contributed by atoms with E-state index in [0.29, 0.717) is 12.4 Å². The third kappa shape index (κ3) is 6.78. The maximum atomic E-state index is 10.8. The summed E-state index contributed by atoms with van der Waals surface area (Å²) in [6.45, 7) is -0.337. The summed E-state index contributed by atoms with van der Waals surface area (Å²) in [5.74, 6) is -0.246. The highest BCUT2D eigenvalue weighted by molar-refractivity contribution is 8.00.